The molecule has 3 nitrogen and oxygen atoms in total. The van der Waals surface area contributed by atoms with E-state index >= 15 is 0 Å². The Kier molecular flexibility index (Phi) is 3.79. The lowest BCUT2D eigenvalue weighted by molar-refractivity contribution is 0.894. The monoisotopic (exact) mass is 333 g/mol. The second kappa shape index (κ2) is 6.10. The summed E-state index contributed by atoms with van der Waals surface area (Å²) in [6, 6.07) is 20.1. The first kappa shape index (κ1) is 14.9. The fourth-order valence-electron chi connectivity index (χ4n) is 2.98. The number of hydrogen-bond donors (Lipinski definition) is 0. The van der Waals surface area contributed by atoms with E-state index in [0.717, 1.165) is 45.2 Å². The molecule has 4 aromatic rings. The highest BCUT2D eigenvalue weighted by Gasteiger charge is 2.17. The van der Waals surface area contributed by atoms with E-state index in [9.17, 15) is 0 Å². The fourth-order valence-corrected chi connectivity index (χ4v) is 3.10. The van der Waals surface area contributed by atoms with Crippen molar-refractivity contribution in [1.29, 1.82) is 0 Å². The molecule has 4 heteroatoms. The van der Waals surface area contributed by atoms with Gasteiger partial charge in [0.2, 0.25) is 0 Å². The summed E-state index contributed by atoms with van der Waals surface area (Å²) < 4.78 is 1.94. The summed E-state index contributed by atoms with van der Waals surface area (Å²) in [5.74, 6) is 0. The van der Waals surface area contributed by atoms with Gasteiger partial charge in [-0.3, -0.25) is 0 Å². The van der Waals surface area contributed by atoms with E-state index in [1.165, 1.54) is 0 Å². The highest BCUT2D eigenvalue weighted by molar-refractivity contribution is 6.30. The molecule has 0 fully saturated rings. The molecule has 0 bridgehead atoms. The Morgan fingerprint density at radius 1 is 0.917 bits per heavy atom. The van der Waals surface area contributed by atoms with E-state index in [0.29, 0.717) is 0 Å². The van der Waals surface area contributed by atoms with Gasteiger partial charge in [-0.1, -0.05) is 61.0 Å². The third-order valence-electron chi connectivity index (χ3n) is 4.13. The summed E-state index contributed by atoms with van der Waals surface area (Å²) in [5, 5.41) is 5.56. The molecule has 2 aromatic heterocycles. The van der Waals surface area contributed by atoms with Crippen LogP contribution in [0.1, 0.15) is 12.6 Å². The minimum absolute atomic E-state index is 0.728. The minimum Gasteiger partial charge on any atom is -0.236 e. The van der Waals surface area contributed by atoms with Crippen LogP contribution in [0.2, 0.25) is 5.02 Å². The Hall–Kier alpha value is -2.65. The predicted molar refractivity (Wildman–Crippen MR) is 98.2 cm³/mol. The molecule has 2 heterocycles. The van der Waals surface area contributed by atoms with E-state index in [1.54, 1.807) is 0 Å². The van der Waals surface area contributed by atoms with Crippen molar-refractivity contribution in [3.63, 3.8) is 0 Å². The first-order chi connectivity index (χ1) is 11.8. The van der Waals surface area contributed by atoms with Crippen LogP contribution in [-0.2, 0) is 6.42 Å². The van der Waals surface area contributed by atoms with E-state index in [1.807, 2.05) is 59.2 Å². The van der Waals surface area contributed by atoms with Gasteiger partial charge < -0.3 is 0 Å². The van der Waals surface area contributed by atoms with E-state index in [2.05, 4.69) is 24.0 Å². The Morgan fingerprint density at radius 3 is 2.38 bits per heavy atom. The molecule has 2 aromatic carbocycles. The highest BCUT2D eigenvalue weighted by Crippen LogP contribution is 2.31. The van der Waals surface area contributed by atoms with E-state index in [4.69, 9.17) is 16.7 Å². The quantitative estimate of drug-likeness (QED) is 0.510. The molecule has 24 heavy (non-hydrogen) atoms. The van der Waals surface area contributed by atoms with Crippen molar-refractivity contribution in [2.75, 3.05) is 0 Å². The molecule has 0 saturated carbocycles. The van der Waals surface area contributed by atoms with E-state index < -0.39 is 0 Å². The van der Waals surface area contributed by atoms with E-state index in [-0.39, 0.29) is 0 Å². The van der Waals surface area contributed by atoms with Gasteiger partial charge in [-0.2, -0.15) is 5.10 Å². The van der Waals surface area contributed by atoms with Gasteiger partial charge in [-0.15, -0.1) is 0 Å². The average Bonchev–Trinajstić information content (AvgIpc) is 3.02. The Bertz CT molecular complexity index is 989. The summed E-state index contributed by atoms with van der Waals surface area (Å²) in [4.78, 5) is 4.60. The smallest absolute Gasteiger partial charge is 0.163 e. The lowest BCUT2D eigenvalue weighted by atomic mass is 10.0. The molecule has 0 amide bonds. The van der Waals surface area contributed by atoms with Gasteiger partial charge in [0.25, 0.3) is 0 Å². The number of nitrogens with zero attached hydrogens (tertiary/aromatic N) is 3. The highest BCUT2D eigenvalue weighted by atomic mass is 35.5. The molecular formula is C20H16ClN3. The van der Waals surface area contributed by atoms with Crippen molar-refractivity contribution in [2.24, 2.45) is 0 Å². The first-order valence-electron chi connectivity index (χ1n) is 7.96. The van der Waals surface area contributed by atoms with Crippen LogP contribution >= 0.6 is 11.6 Å². The van der Waals surface area contributed by atoms with Crippen LogP contribution in [0.5, 0.6) is 0 Å². The molecule has 0 aliphatic heterocycles. The maximum Gasteiger partial charge on any atom is 0.163 e. The van der Waals surface area contributed by atoms with Crippen molar-refractivity contribution in [2.45, 2.75) is 13.3 Å². The van der Waals surface area contributed by atoms with Crippen LogP contribution in [0.3, 0.4) is 0 Å². The maximum absolute atomic E-state index is 6.03. The third kappa shape index (κ3) is 2.47. The van der Waals surface area contributed by atoms with Crippen LogP contribution in [-0.4, -0.2) is 14.6 Å². The molecule has 0 aliphatic rings. The number of fused-ring (bicyclic) bond motifs is 1. The van der Waals surface area contributed by atoms with Gasteiger partial charge in [0.1, 0.15) is 0 Å². The van der Waals surface area contributed by atoms with Crippen LogP contribution in [0.25, 0.3) is 28.0 Å². The van der Waals surface area contributed by atoms with Crippen LogP contribution in [0.4, 0.5) is 0 Å². The van der Waals surface area contributed by atoms with Crippen molar-refractivity contribution in [1.82, 2.24) is 14.6 Å². The van der Waals surface area contributed by atoms with Gasteiger partial charge in [0.05, 0.1) is 11.4 Å². The lowest BCUT2D eigenvalue weighted by Gasteiger charge is -2.05. The van der Waals surface area contributed by atoms with Crippen LogP contribution < -0.4 is 0 Å². The average molecular weight is 334 g/mol. The Labute approximate surface area is 145 Å². The summed E-state index contributed by atoms with van der Waals surface area (Å²) in [5.41, 5.74) is 6.23. The molecule has 4 rings (SSSR count). The summed E-state index contributed by atoms with van der Waals surface area (Å²) in [6.07, 6.45) is 2.69. The largest absolute Gasteiger partial charge is 0.236 e. The second-order valence-electron chi connectivity index (χ2n) is 5.61. The zero-order valence-corrected chi connectivity index (χ0v) is 14.0. The topological polar surface area (TPSA) is 30.2 Å². The predicted octanol–water partition coefficient (Wildman–Crippen LogP) is 5.28. The zero-order valence-electron chi connectivity index (χ0n) is 13.3. The molecule has 0 atom stereocenters. The number of hydrogen-bond acceptors (Lipinski definition) is 2. The van der Waals surface area contributed by atoms with Crippen molar-refractivity contribution >= 4 is 17.2 Å². The SMILES string of the molecule is CCc1nn2c(-c3ccccc3)ccnc2c1-c1ccc(Cl)cc1. The van der Waals surface area contributed by atoms with Crippen molar-refractivity contribution < 1.29 is 0 Å². The third-order valence-corrected chi connectivity index (χ3v) is 4.38. The second-order valence-corrected chi connectivity index (χ2v) is 6.05. The normalized spacial score (nSPS) is 11.1. The summed E-state index contributed by atoms with van der Waals surface area (Å²) in [7, 11) is 0. The number of aromatic nitrogens is 3. The Balaban J connectivity index is 2.00. The Morgan fingerprint density at radius 2 is 1.67 bits per heavy atom. The molecule has 0 spiro atoms. The van der Waals surface area contributed by atoms with Gasteiger partial charge in [-0.25, -0.2) is 9.50 Å². The maximum atomic E-state index is 6.03. The first-order valence-corrected chi connectivity index (χ1v) is 8.33. The molecular weight excluding hydrogens is 318 g/mol. The van der Waals surface area contributed by atoms with Crippen LogP contribution in [0.15, 0.2) is 66.9 Å². The standard InChI is InChI=1S/C20H16ClN3/c1-2-17-19(15-8-10-16(21)11-9-15)20-22-13-12-18(24(20)23-17)14-6-4-3-5-7-14/h3-13H,2H2,1H3. The zero-order chi connectivity index (χ0) is 16.5. The molecule has 0 radical (unpaired) electrons. The van der Waals surface area contributed by atoms with Gasteiger partial charge in [-0.05, 0) is 30.2 Å². The van der Waals surface area contributed by atoms with Gasteiger partial charge in [0, 0.05) is 22.3 Å². The molecule has 0 N–H and O–H groups in total. The molecule has 0 saturated heterocycles. The number of rotatable bonds is 3. The lowest BCUT2D eigenvalue weighted by Crippen LogP contribution is -1.95. The van der Waals surface area contributed by atoms with Crippen molar-refractivity contribution in [3.8, 4) is 22.4 Å². The number of aryl methyl sites for hydroxylation is 1. The minimum atomic E-state index is 0.728. The van der Waals surface area contributed by atoms with Gasteiger partial charge >= 0.3 is 0 Å². The van der Waals surface area contributed by atoms with Gasteiger partial charge in [0.15, 0.2) is 5.65 Å². The molecule has 118 valence electrons. The fraction of sp³-hybridized carbons (Fsp3) is 0.100. The summed E-state index contributed by atoms with van der Waals surface area (Å²) >= 11 is 6.03. The number of benzene rings is 2. The molecule has 0 unspecified atom stereocenters. The van der Waals surface area contributed by atoms with Crippen molar-refractivity contribution in [3.05, 3.63) is 77.6 Å². The molecule has 0 aliphatic carbocycles. The summed E-state index contributed by atoms with van der Waals surface area (Å²) in [6.45, 7) is 2.11. The van der Waals surface area contributed by atoms with Crippen LogP contribution in [0, 0.1) is 0 Å². The number of halogens is 1.